The fraction of sp³-hybridized carbons (Fsp3) is 0. The Bertz CT molecular complexity index is 3870. The molecule has 0 bridgehead atoms. The summed E-state index contributed by atoms with van der Waals surface area (Å²) in [6, 6.07) is 61.1. The molecule has 7 aromatic carbocycles. The fourth-order valence-electron chi connectivity index (χ4n) is 9.04. The highest BCUT2D eigenvalue weighted by atomic mass is 32.1. The molecule has 8 nitrogen and oxygen atoms in total. The summed E-state index contributed by atoms with van der Waals surface area (Å²) < 4.78 is 7.00. The molecule has 0 spiro atoms. The van der Waals surface area contributed by atoms with Crippen LogP contribution in [0.25, 0.3) is 121 Å². The van der Waals surface area contributed by atoms with Crippen LogP contribution in [0.3, 0.4) is 0 Å². The number of benzene rings is 7. The number of para-hydroxylation sites is 2. The molecule has 0 saturated carbocycles. The monoisotopic (exact) mass is 824 g/mol. The smallest absolute Gasteiger partial charge is 0.238 e. The summed E-state index contributed by atoms with van der Waals surface area (Å²) in [5.41, 5.74) is 9.91. The third kappa shape index (κ3) is 5.75. The molecule has 13 aromatic rings. The third-order valence-corrected chi connectivity index (χ3v) is 13.1. The van der Waals surface area contributed by atoms with Gasteiger partial charge in [0.25, 0.3) is 0 Å². The first kappa shape index (κ1) is 35.4. The van der Waals surface area contributed by atoms with E-state index in [0.717, 1.165) is 71.9 Å². The Hall–Kier alpha value is -8.40. The van der Waals surface area contributed by atoms with E-state index >= 15 is 0 Å². The second kappa shape index (κ2) is 14.1. The van der Waals surface area contributed by atoms with E-state index in [4.69, 9.17) is 24.9 Å². The van der Waals surface area contributed by atoms with Gasteiger partial charge in [-0.15, -0.1) is 11.3 Å². The molecule has 0 N–H and O–H groups in total. The molecule has 9 heteroatoms. The Morgan fingerprint density at radius 2 is 1.02 bits per heavy atom. The molecule has 63 heavy (non-hydrogen) atoms. The molecule has 6 heterocycles. The van der Waals surface area contributed by atoms with Crippen LogP contribution in [0.2, 0.25) is 0 Å². The van der Waals surface area contributed by atoms with Gasteiger partial charge >= 0.3 is 0 Å². The molecule has 13 rings (SSSR count). The zero-order valence-electron chi connectivity index (χ0n) is 33.5. The van der Waals surface area contributed by atoms with Crippen LogP contribution in [0.4, 0.5) is 0 Å². The van der Waals surface area contributed by atoms with Crippen LogP contribution in [0.15, 0.2) is 195 Å². The van der Waals surface area contributed by atoms with Gasteiger partial charge in [-0.25, -0.2) is 15.0 Å². The molecule has 0 fully saturated rings. The lowest BCUT2D eigenvalue weighted by molar-refractivity contribution is 0.953. The SMILES string of the molecule is c1ccc(-c2nc(-c3ccccc3)nc(-n3c4ccccc4c4ccc(-c5ccnc(-c6ccc7c(c6)c6ccccc6n7-c6ccc7sc8ccncc8c7c6)n5)cc43)n2)cc1. The summed E-state index contributed by atoms with van der Waals surface area (Å²) in [5, 5.41) is 6.91. The van der Waals surface area contributed by atoms with Crippen molar-refractivity contribution in [3.63, 3.8) is 0 Å². The van der Waals surface area contributed by atoms with Gasteiger partial charge < -0.3 is 4.57 Å². The molecule has 294 valence electrons. The van der Waals surface area contributed by atoms with Crippen molar-refractivity contribution >= 4 is 75.1 Å². The third-order valence-electron chi connectivity index (χ3n) is 12.0. The minimum Gasteiger partial charge on any atom is -0.309 e. The maximum atomic E-state index is 5.22. The van der Waals surface area contributed by atoms with Crippen molar-refractivity contribution in [1.29, 1.82) is 0 Å². The molecule has 6 aromatic heterocycles. The largest absolute Gasteiger partial charge is 0.309 e. The molecule has 0 aliphatic carbocycles. The fourth-order valence-corrected chi connectivity index (χ4v) is 10.1. The van der Waals surface area contributed by atoms with Crippen LogP contribution in [0.1, 0.15) is 0 Å². The van der Waals surface area contributed by atoms with Crippen molar-refractivity contribution in [3.8, 4) is 57.1 Å². The lowest BCUT2D eigenvalue weighted by Gasteiger charge is -2.11. The predicted molar refractivity (Wildman–Crippen MR) is 257 cm³/mol. The van der Waals surface area contributed by atoms with E-state index in [1.807, 2.05) is 85.3 Å². The zero-order chi connectivity index (χ0) is 41.4. The number of pyridine rings is 1. The minimum atomic E-state index is 0.544. The summed E-state index contributed by atoms with van der Waals surface area (Å²) in [6.07, 6.45) is 5.69. The van der Waals surface area contributed by atoms with Crippen LogP contribution >= 0.6 is 11.3 Å². The molecular weight excluding hydrogens is 793 g/mol. The Balaban J connectivity index is 0.942. The molecule has 0 saturated heterocycles. The van der Waals surface area contributed by atoms with Crippen LogP contribution in [-0.4, -0.2) is 39.0 Å². The Kier molecular flexibility index (Phi) is 7.91. The van der Waals surface area contributed by atoms with E-state index in [1.165, 1.54) is 25.6 Å². The molecule has 0 amide bonds. The maximum absolute atomic E-state index is 5.22. The number of fused-ring (bicyclic) bond motifs is 9. The Morgan fingerprint density at radius 3 is 1.79 bits per heavy atom. The zero-order valence-corrected chi connectivity index (χ0v) is 34.3. The van der Waals surface area contributed by atoms with Gasteiger partial charge in [0.2, 0.25) is 5.95 Å². The molecule has 0 unspecified atom stereocenters. The van der Waals surface area contributed by atoms with E-state index in [9.17, 15) is 0 Å². The first-order chi connectivity index (χ1) is 31.2. The Morgan fingerprint density at radius 1 is 0.365 bits per heavy atom. The molecule has 0 radical (unpaired) electrons. The van der Waals surface area contributed by atoms with Crippen LogP contribution in [0.5, 0.6) is 0 Å². The number of hydrogen-bond acceptors (Lipinski definition) is 7. The van der Waals surface area contributed by atoms with Crippen molar-refractivity contribution in [1.82, 2.24) is 39.0 Å². The van der Waals surface area contributed by atoms with Gasteiger partial charge in [0.05, 0.1) is 27.8 Å². The van der Waals surface area contributed by atoms with Crippen molar-refractivity contribution in [2.75, 3.05) is 0 Å². The average Bonchev–Trinajstić information content (AvgIpc) is 4.01. The van der Waals surface area contributed by atoms with Gasteiger partial charge in [-0.3, -0.25) is 9.55 Å². The van der Waals surface area contributed by atoms with Crippen molar-refractivity contribution < 1.29 is 0 Å². The van der Waals surface area contributed by atoms with Gasteiger partial charge in [0.1, 0.15) is 0 Å². The molecular formula is C54H32N8S. The van der Waals surface area contributed by atoms with Crippen LogP contribution < -0.4 is 0 Å². The second-order valence-electron chi connectivity index (χ2n) is 15.6. The van der Waals surface area contributed by atoms with Crippen molar-refractivity contribution in [2.45, 2.75) is 0 Å². The highest BCUT2D eigenvalue weighted by molar-refractivity contribution is 7.25. The minimum absolute atomic E-state index is 0.544. The number of aromatic nitrogens is 8. The first-order valence-corrected chi connectivity index (χ1v) is 21.6. The molecule has 0 atom stereocenters. The van der Waals surface area contributed by atoms with Gasteiger partial charge in [0, 0.05) is 88.2 Å². The van der Waals surface area contributed by atoms with Gasteiger partial charge in [-0.2, -0.15) is 9.97 Å². The lowest BCUT2D eigenvalue weighted by atomic mass is 10.1. The summed E-state index contributed by atoms with van der Waals surface area (Å²) in [4.78, 5) is 29.7. The summed E-state index contributed by atoms with van der Waals surface area (Å²) in [6.45, 7) is 0. The molecule has 0 aliphatic rings. The number of hydrogen-bond donors (Lipinski definition) is 0. The molecule has 0 aliphatic heterocycles. The predicted octanol–water partition coefficient (Wildman–Crippen LogP) is 13.3. The lowest BCUT2D eigenvalue weighted by Crippen LogP contribution is -2.06. The van der Waals surface area contributed by atoms with E-state index < -0.39 is 0 Å². The van der Waals surface area contributed by atoms with Crippen LogP contribution in [0, 0.1) is 0 Å². The maximum Gasteiger partial charge on any atom is 0.238 e. The van der Waals surface area contributed by atoms with E-state index in [-0.39, 0.29) is 0 Å². The first-order valence-electron chi connectivity index (χ1n) is 20.8. The van der Waals surface area contributed by atoms with Crippen molar-refractivity contribution in [2.24, 2.45) is 0 Å². The average molecular weight is 825 g/mol. The standard InChI is InChI=1S/C54H32N8S/c1-3-11-33(12-4-1)52-58-53(34-13-5-2-6-14-34)60-54(59-52)62-46-18-10-7-15-38(46)40-22-19-35(30-48(40)62)44-25-28-56-51(57-44)36-20-23-47-41(29-36)39-16-8-9-17-45(39)61(47)37-21-24-49-42(31-37)43-32-55-27-26-50(43)63-49/h1-32H. The van der Waals surface area contributed by atoms with Crippen molar-refractivity contribution in [3.05, 3.63) is 195 Å². The second-order valence-corrected chi connectivity index (χ2v) is 16.7. The van der Waals surface area contributed by atoms with Gasteiger partial charge in [-0.05, 0) is 66.7 Å². The van der Waals surface area contributed by atoms with Gasteiger partial charge in [-0.1, -0.05) is 109 Å². The number of thiophene rings is 1. The highest BCUT2D eigenvalue weighted by Gasteiger charge is 2.20. The van der Waals surface area contributed by atoms with E-state index in [0.29, 0.717) is 23.4 Å². The summed E-state index contributed by atoms with van der Waals surface area (Å²) in [7, 11) is 0. The Labute approximate surface area is 364 Å². The topological polar surface area (TPSA) is 87.2 Å². The quantitative estimate of drug-likeness (QED) is 0.166. The van der Waals surface area contributed by atoms with E-state index in [2.05, 4.69) is 123 Å². The normalized spacial score (nSPS) is 11.8. The summed E-state index contributed by atoms with van der Waals surface area (Å²) in [5.74, 6) is 2.42. The van der Waals surface area contributed by atoms with Crippen LogP contribution in [-0.2, 0) is 0 Å². The number of nitrogens with zero attached hydrogens (tertiary/aromatic N) is 8. The van der Waals surface area contributed by atoms with E-state index in [1.54, 1.807) is 11.3 Å². The summed E-state index contributed by atoms with van der Waals surface area (Å²) >= 11 is 1.80. The number of rotatable bonds is 6. The highest BCUT2D eigenvalue weighted by Crippen LogP contribution is 2.39. The van der Waals surface area contributed by atoms with Gasteiger partial charge in [0.15, 0.2) is 17.5 Å².